The molecular weight excluding hydrogens is 530 g/mol. The van der Waals surface area contributed by atoms with Gasteiger partial charge in [0.15, 0.2) is 0 Å². The molecule has 1 amide bonds. The van der Waals surface area contributed by atoms with Crippen LogP contribution in [0.5, 0.6) is 0 Å². The quantitative estimate of drug-likeness (QED) is 0.295. The minimum atomic E-state index is -3.70. The number of sulfonamides is 1. The molecule has 204 valence electrons. The van der Waals surface area contributed by atoms with E-state index < -0.39 is 27.8 Å². The highest BCUT2D eigenvalue weighted by molar-refractivity contribution is 7.89. The second-order valence-electron chi connectivity index (χ2n) is 9.36. The molecule has 4 heterocycles. The zero-order valence-electron chi connectivity index (χ0n) is 21.0. The first-order chi connectivity index (χ1) is 18.4. The molecule has 1 atom stereocenters. The Morgan fingerprint density at radius 1 is 0.947 bits per heavy atom. The third-order valence-corrected chi connectivity index (χ3v) is 9.90. The van der Waals surface area contributed by atoms with E-state index in [4.69, 9.17) is 9.47 Å². The standard InChI is InChI=1S/C26H31N3O7S2/c30-24(19-4-6-20(7-5-19)38(33,34)28-12-16-36-17-13-28)22-23(21-3-1-18-37-21)29(26(32)25(22)31)9-2-8-27-10-14-35-15-11-27/h1,3-7,18,23,30H,2,8-17H2/t23-/m1/s1. The number of benzene rings is 1. The number of ether oxygens (including phenoxy) is 2. The van der Waals surface area contributed by atoms with Crippen molar-refractivity contribution >= 4 is 38.8 Å². The molecule has 38 heavy (non-hydrogen) atoms. The molecule has 1 aromatic carbocycles. The van der Waals surface area contributed by atoms with Gasteiger partial charge in [0.05, 0.1) is 42.9 Å². The first-order valence-corrected chi connectivity index (χ1v) is 15.0. The van der Waals surface area contributed by atoms with Crippen LogP contribution in [0.3, 0.4) is 0 Å². The molecule has 2 aromatic rings. The molecule has 1 aromatic heterocycles. The summed E-state index contributed by atoms with van der Waals surface area (Å²) >= 11 is 1.41. The van der Waals surface area contributed by atoms with Crippen LogP contribution in [0.15, 0.2) is 52.2 Å². The van der Waals surface area contributed by atoms with Gasteiger partial charge >= 0.3 is 0 Å². The third-order valence-electron chi connectivity index (χ3n) is 7.07. The number of hydrogen-bond acceptors (Lipinski definition) is 9. The average Bonchev–Trinajstić information content (AvgIpc) is 3.57. The summed E-state index contributed by atoms with van der Waals surface area (Å²) < 4.78 is 37.9. The molecule has 0 bridgehead atoms. The number of rotatable bonds is 8. The van der Waals surface area contributed by atoms with Crippen LogP contribution >= 0.6 is 11.3 Å². The van der Waals surface area contributed by atoms with Crippen molar-refractivity contribution < 1.29 is 32.6 Å². The minimum absolute atomic E-state index is 0.0209. The van der Waals surface area contributed by atoms with Gasteiger partial charge in [-0.2, -0.15) is 4.31 Å². The molecule has 3 aliphatic heterocycles. The summed E-state index contributed by atoms with van der Waals surface area (Å²) in [4.78, 5) is 31.0. The van der Waals surface area contributed by atoms with Gasteiger partial charge in [0.25, 0.3) is 11.7 Å². The second-order valence-corrected chi connectivity index (χ2v) is 12.3. The van der Waals surface area contributed by atoms with Crippen LogP contribution in [0.4, 0.5) is 0 Å². The number of morpholine rings is 2. The maximum atomic E-state index is 13.2. The van der Waals surface area contributed by atoms with E-state index in [-0.39, 0.29) is 34.9 Å². The second kappa shape index (κ2) is 11.6. The maximum Gasteiger partial charge on any atom is 0.295 e. The summed E-state index contributed by atoms with van der Waals surface area (Å²) in [6, 6.07) is 8.77. The van der Waals surface area contributed by atoms with Crippen LogP contribution in [-0.4, -0.2) is 105 Å². The lowest BCUT2D eigenvalue weighted by Crippen LogP contribution is -2.40. The van der Waals surface area contributed by atoms with E-state index in [2.05, 4.69) is 4.90 Å². The predicted molar refractivity (Wildman–Crippen MR) is 141 cm³/mol. The molecule has 1 N–H and O–H groups in total. The Bertz CT molecular complexity index is 1280. The number of amides is 1. The van der Waals surface area contributed by atoms with Gasteiger partial charge in [-0.3, -0.25) is 14.5 Å². The van der Waals surface area contributed by atoms with E-state index in [0.29, 0.717) is 39.4 Å². The van der Waals surface area contributed by atoms with Crippen molar-refractivity contribution in [2.75, 3.05) is 65.7 Å². The number of carbonyl (C=O) groups is 2. The van der Waals surface area contributed by atoms with Crippen LogP contribution in [0, 0.1) is 0 Å². The Hall–Kier alpha value is -2.61. The summed E-state index contributed by atoms with van der Waals surface area (Å²) in [7, 11) is -3.70. The van der Waals surface area contributed by atoms with Gasteiger partial charge in [-0.1, -0.05) is 6.07 Å². The van der Waals surface area contributed by atoms with Gasteiger partial charge in [-0.15, -0.1) is 11.3 Å². The molecule has 3 aliphatic rings. The SMILES string of the molecule is O=C1C(=O)N(CCCN2CCOCC2)[C@H](c2cccs2)C1=C(O)c1ccc(S(=O)(=O)N2CCOCC2)cc1. The fourth-order valence-corrected chi connectivity index (χ4v) is 7.27. The Morgan fingerprint density at radius 2 is 1.61 bits per heavy atom. The predicted octanol–water partition coefficient (Wildman–Crippen LogP) is 1.91. The van der Waals surface area contributed by atoms with Crippen molar-refractivity contribution in [3.05, 3.63) is 57.8 Å². The Kier molecular flexibility index (Phi) is 8.26. The molecule has 0 saturated carbocycles. The highest BCUT2D eigenvalue weighted by Crippen LogP contribution is 2.41. The highest BCUT2D eigenvalue weighted by Gasteiger charge is 2.46. The number of likely N-dealkylation sites (tertiary alicyclic amines) is 1. The third kappa shape index (κ3) is 5.42. The van der Waals surface area contributed by atoms with Crippen molar-refractivity contribution in [1.29, 1.82) is 0 Å². The number of nitrogens with zero attached hydrogens (tertiary/aromatic N) is 3. The topological polar surface area (TPSA) is 117 Å². The number of aliphatic hydroxyl groups is 1. The Labute approximate surface area is 226 Å². The molecule has 0 aliphatic carbocycles. The van der Waals surface area contributed by atoms with Crippen LogP contribution < -0.4 is 0 Å². The van der Waals surface area contributed by atoms with E-state index >= 15 is 0 Å². The largest absolute Gasteiger partial charge is 0.507 e. The molecule has 10 nitrogen and oxygen atoms in total. The lowest BCUT2D eigenvalue weighted by Gasteiger charge is -2.28. The van der Waals surface area contributed by atoms with E-state index in [1.165, 1.54) is 44.8 Å². The van der Waals surface area contributed by atoms with Crippen molar-refractivity contribution in [3.63, 3.8) is 0 Å². The summed E-state index contributed by atoms with van der Waals surface area (Å²) in [5.41, 5.74) is 0.298. The maximum absolute atomic E-state index is 13.2. The van der Waals surface area contributed by atoms with Crippen molar-refractivity contribution in [1.82, 2.24) is 14.1 Å². The zero-order chi connectivity index (χ0) is 26.7. The fourth-order valence-electron chi connectivity index (χ4n) is 5.02. The summed E-state index contributed by atoms with van der Waals surface area (Å²) in [6.07, 6.45) is 0.684. The lowest BCUT2D eigenvalue weighted by molar-refractivity contribution is -0.140. The Morgan fingerprint density at radius 3 is 2.24 bits per heavy atom. The molecule has 0 unspecified atom stereocenters. The van der Waals surface area contributed by atoms with Gasteiger partial charge < -0.3 is 19.5 Å². The van der Waals surface area contributed by atoms with Crippen molar-refractivity contribution in [2.24, 2.45) is 0 Å². The highest BCUT2D eigenvalue weighted by atomic mass is 32.2. The monoisotopic (exact) mass is 561 g/mol. The van der Waals surface area contributed by atoms with Crippen molar-refractivity contribution in [2.45, 2.75) is 17.4 Å². The average molecular weight is 562 g/mol. The number of hydrogen-bond donors (Lipinski definition) is 1. The van der Waals surface area contributed by atoms with E-state index in [1.54, 1.807) is 0 Å². The molecule has 5 rings (SSSR count). The van der Waals surface area contributed by atoms with E-state index in [9.17, 15) is 23.1 Å². The smallest absolute Gasteiger partial charge is 0.295 e. The number of Topliss-reactive ketones (excluding diaryl/α,β-unsaturated/α-hetero) is 1. The van der Waals surface area contributed by atoms with Gasteiger partial charge in [0.1, 0.15) is 5.76 Å². The number of thiophene rings is 1. The summed E-state index contributed by atoms with van der Waals surface area (Å²) in [6.45, 7) is 5.44. The first kappa shape index (κ1) is 27.0. The van der Waals surface area contributed by atoms with Crippen LogP contribution in [0.1, 0.15) is 22.9 Å². The number of aliphatic hydroxyl groups excluding tert-OH is 1. The minimum Gasteiger partial charge on any atom is -0.507 e. The van der Waals surface area contributed by atoms with Gasteiger partial charge in [0.2, 0.25) is 10.0 Å². The van der Waals surface area contributed by atoms with Crippen LogP contribution in [0.25, 0.3) is 5.76 Å². The molecule has 3 fully saturated rings. The van der Waals surface area contributed by atoms with Gasteiger partial charge in [-0.25, -0.2) is 8.42 Å². The molecular formula is C26H31N3O7S2. The molecule has 12 heteroatoms. The number of ketones is 1. The van der Waals surface area contributed by atoms with Crippen LogP contribution in [0.2, 0.25) is 0 Å². The summed E-state index contributed by atoms with van der Waals surface area (Å²) in [5, 5.41) is 13.1. The van der Waals surface area contributed by atoms with Gasteiger partial charge in [0, 0.05) is 49.7 Å². The van der Waals surface area contributed by atoms with Crippen molar-refractivity contribution in [3.8, 4) is 0 Å². The van der Waals surface area contributed by atoms with E-state index in [0.717, 1.165) is 24.5 Å². The lowest BCUT2D eigenvalue weighted by atomic mass is 10.00. The Balaban J connectivity index is 1.40. The first-order valence-electron chi connectivity index (χ1n) is 12.7. The summed E-state index contributed by atoms with van der Waals surface area (Å²) in [5.74, 6) is -1.69. The molecule has 3 saturated heterocycles. The zero-order valence-corrected chi connectivity index (χ0v) is 22.6. The normalized spacial score (nSPS) is 23.3. The number of carbonyl (C=O) groups excluding carboxylic acids is 2. The van der Waals surface area contributed by atoms with Crippen LogP contribution in [-0.2, 0) is 29.1 Å². The van der Waals surface area contributed by atoms with Gasteiger partial charge in [-0.05, 0) is 42.1 Å². The molecule has 0 spiro atoms. The molecule has 0 radical (unpaired) electrons. The fraction of sp³-hybridized carbons (Fsp3) is 0.462. The van der Waals surface area contributed by atoms with E-state index in [1.807, 2.05) is 17.5 Å².